The highest BCUT2D eigenvalue weighted by Gasteiger charge is 2.24. The number of aliphatic imine (C=N–C) groups is 1. The van der Waals surface area contributed by atoms with Crippen LogP contribution in [0.5, 0.6) is 0 Å². The van der Waals surface area contributed by atoms with Gasteiger partial charge in [-0.3, -0.25) is 4.99 Å². The summed E-state index contributed by atoms with van der Waals surface area (Å²) in [6.07, 6.45) is 0.267. The number of nitrogens with zero attached hydrogens (tertiary/aromatic N) is 1. The number of aliphatic carboxylic acids is 1. The third-order valence-electron chi connectivity index (χ3n) is 2.27. The molecule has 0 spiro atoms. The quantitative estimate of drug-likeness (QED) is 0.902. The first-order chi connectivity index (χ1) is 8.04. The van der Waals surface area contributed by atoms with Gasteiger partial charge in [0.15, 0.2) is 6.04 Å². The maximum atomic E-state index is 12.9. The highest BCUT2D eigenvalue weighted by molar-refractivity contribution is 8.14. The average Bonchev–Trinajstić information content (AvgIpc) is 2.64. The lowest BCUT2D eigenvalue weighted by Gasteiger charge is -2.01. The number of hydrogen-bond donors (Lipinski definition) is 1. The fourth-order valence-corrected chi connectivity index (χ4v) is 2.57. The average molecular weight is 257 g/mol. The van der Waals surface area contributed by atoms with Crippen LogP contribution in [0.3, 0.4) is 0 Å². The van der Waals surface area contributed by atoms with Crippen LogP contribution in [-0.2, 0) is 11.2 Å². The van der Waals surface area contributed by atoms with E-state index in [4.69, 9.17) is 5.11 Å². The van der Waals surface area contributed by atoms with Gasteiger partial charge in [-0.05, 0) is 17.7 Å². The summed E-state index contributed by atoms with van der Waals surface area (Å²) in [5.74, 6) is -1.88. The molecular weight excluding hydrogens is 248 g/mol. The lowest BCUT2D eigenvalue weighted by molar-refractivity contribution is -0.137. The van der Waals surface area contributed by atoms with Crippen molar-refractivity contribution in [3.05, 3.63) is 35.4 Å². The molecule has 1 aromatic rings. The first-order valence-corrected chi connectivity index (χ1v) is 5.90. The molecule has 0 aromatic heterocycles. The topological polar surface area (TPSA) is 49.7 Å². The molecule has 0 radical (unpaired) electrons. The Balaban J connectivity index is 2.11. The van der Waals surface area contributed by atoms with Gasteiger partial charge in [-0.2, -0.15) is 0 Å². The smallest absolute Gasteiger partial charge is 0.329 e. The molecule has 1 atom stereocenters. The van der Waals surface area contributed by atoms with Crippen molar-refractivity contribution < 1.29 is 18.7 Å². The van der Waals surface area contributed by atoms with Gasteiger partial charge in [0.2, 0.25) is 0 Å². The number of carboxylic acid groups (broad SMARTS) is 1. The van der Waals surface area contributed by atoms with Gasteiger partial charge in [-0.1, -0.05) is 0 Å². The van der Waals surface area contributed by atoms with E-state index in [1.807, 2.05) is 0 Å². The second-order valence-corrected chi connectivity index (χ2v) is 4.74. The van der Waals surface area contributed by atoms with Crippen molar-refractivity contribution >= 4 is 22.8 Å². The minimum atomic E-state index is -0.974. The molecule has 1 N–H and O–H groups in total. The zero-order valence-electron chi connectivity index (χ0n) is 8.69. The summed E-state index contributed by atoms with van der Waals surface area (Å²) in [6.45, 7) is 0. The SMILES string of the molecule is O=C(O)C1CSC(Cc2cc(F)cc(F)c2)=N1. The maximum absolute atomic E-state index is 12.9. The summed E-state index contributed by atoms with van der Waals surface area (Å²) >= 11 is 1.31. The Bertz CT molecular complexity index is 470. The fourth-order valence-electron chi connectivity index (χ4n) is 1.53. The Morgan fingerprint density at radius 1 is 1.41 bits per heavy atom. The Kier molecular flexibility index (Phi) is 3.42. The van der Waals surface area contributed by atoms with E-state index in [1.54, 1.807) is 0 Å². The number of hydrogen-bond acceptors (Lipinski definition) is 3. The number of rotatable bonds is 3. The summed E-state index contributed by atoms with van der Waals surface area (Å²) < 4.78 is 25.9. The van der Waals surface area contributed by atoms with E-state index in [2.05, 4.69) is 4.99 Å². The lowest BCUT2D eigenvalue weighted by atomic mass is 10.1. The van der Waals surface area contributed by atoms with Crippen molar-refractivity contribution in [2.75, 3.05) is 5.75 Å². The Hall–Kier alpha value is -1.43. The molecule has 0 aliphatic carbocycles. The van der Waals surface area contributed by atoms with Crippen molar-refractivity contribution in [3.8, 4) is 0 Å². The molecular formula is C11H9F2NO2S. The summed E-state index contributed by atoms with van der Waals surface area (Å²) in [5.41, 5.74) is 0.458. The third-order valence-corrected chi connectivity index (χ3v) is 3.34. The molecule has 0 fully saturated rings. The molecule has 1 aliphatic rings. The minimum absolute atomic E-state index is 0.267. The Morgan fingerprint density at radius 2 is 2.06 bits per heavy atom. The normalized spacial score (nSPS) is 19.2. The number of halogens is 2. The molecule has 6 heteroatoms. The van der Waals surface area contributed by atoms with Crippen LogP contribution in [-0.4, -0.2) is 27.9 Å². The first-order valence-electron chi connectivity index (χ1n) is 4.92. The van der Waals surface area contributed by atoms with Gasteiger partial charge in [0, 0.05) is 18.2 Å². The molecule has 1 aromatic carbocycles. The summed E-state index contributed by atoms with van der Waals surface area (Å²) in [6, 6.07) is 2.50. The van der Waals surface area contributed by atoms with Gasteiger partial charge in [0.1, 0.15) is 11.6 Å². The van der Waals surface area contributed by atoms with Crippen molar-refractivity contribution in [2.24, 2.45) is 4.99 Å². The second kappa shape index (κ2) is 4.83. The molecule has 3 nitrogen and oxygen atoms in total. The molecule has 17 heavy (non-hydrogen) atoms. The van der Waals surface area contributed by atoms with Crippen LogP contribution in [0.15, 0.2) is 23.2 Å². The molecule has 90 valence electrons. The van der Waals surface area contributed by atoms with E-state index in [-0.39, 0.29) is 6.42 Å². The molecule has 1 heterocycles. The standard InChI is InChI=1S/C11H9F2NO2S/c12-7-1-6(2-8(13)4-7)3-10-14-9(5-17-10)11(15)16/h1-2,4,9H,3,5H2,(H,15,16). The molecule has 2 rings (SSSR count). The lowest BCUT2D eigenvalue weighted by Crippen LogP contribution is -2.17. The van der Waals surface area contributed by atoms with Crippen molar-refractivity contribution in [1.82, 2.24) is 0 Å². The van der Waals surface area contributed by atoms with Crippen LogP contribution in [0.1, 0.15) is 5.56 Å². The van der Waals surface area contributed by atoms with E-state index in [0.29, 0.717) is 16.4 Å². The van der Waals surface area contributed by atoms with Crippen LogP contribution in [0.25, 0.3) is 0 Å². The molecule has 1 unspecified atom stereocenters. The van der Waals surface area contributed by atoms with Crippen molar-refractivity contribution in [1.29, 1.82) is 0 Å². The minimum Gasteiger partial charge on any atom is -0.480 e. The summed E-state index contributed by atoms with van der Waals surface area (Å²) in [4.78, 5) is 14.6. The van der Waals surface area contributed by atoms with E-state index in [0.717, 1.165) is 6.07 Å². The van der Waals surface area contributed by atoms with Gasteiger partial charge < -0.3 is 5.11 Å². The van der Waals surface area contributed by atoms with Crippen LogP contribution in [0, 0.1) is 11.6 Å². The largest absolute Gasteiger partial charge is 0.480 e. The van der Waals surface area contributed by atoms with Crippen LogP contribution < -0.4 is 0 Å². The van der Waals surface area contributed by atoms with E-state index < -0.39 is 23.6 Å². The number of benzene rings is 1. The predicted molar refractivity (Wildman–Crippen MR) is 61.4 cm³/mol. The molecule has 0 saturated heterocycles. The number of carboxylic acids is 1. The number of thioether (sulfide) groups is 1. The van der Waals surface area contributed by atoms with Gasteiger partial charge in [0.05, 0.1) is 5.04 Å². The van der Waals surface area contributed by atoms with Crippen molar-refractivity contribution in [3.63, 3.8) is 0 Å². The zero-order valence-corrected chi connectivity index (χ0v) is 9.51. The van der Waals surface area contributed by atoms with Crippen molar-refractivity contribution in [2.45, 2.75) is 12.5 Å². The maximum Gasteiger partial charge on any atom is 0.329 e. The highest BCUT2D eigenvalue weighted by atomic mass is 32.2. The Labute approximate surface area is 101 Å². The number of carbonyl (C=O) groups is 1. The summed E-state index contributed by atoms with van der Waals surface area (Å²) in [5, 5.41) is 9.34. The van der Waals surface area contributed by atoms with E-state index in [1.165, 1.54) is 23.9 Å². The van der Waals surface area contributed by atoms with E-state index in [9.17, 15) is 13.6 Å². The predicted octanol–water partition coefficient (Wildman–Crippen LogP) is 2.11. The second-order valence-electron chi connectivity index (χ2n) is 3.64. The molecule has 0 bridgehead atoms. The van der Waals surface area contributed by atoms with Gasteiger partial charge in [0.25, 0.3) is 0 Å². The first kappa shape index (κ1) is 12.0. The highest BCUT2D eigenvalue weighted by Crippen LogP contribution is 2.22. The van der Waals surface area contributed by atoms with Gasteiger partial charge >= 0.3 is 5.97 Å². The molecule has 0 saturated carbocycles. The summed E-state index contributed by atoms with van der Waals surface area (Å²) in [7, 11) is 0. The molecule has 0 amide bonds. The Morgan fingerprint density at radius 3 is 2.59 bits per heavy atom. The third kappa shape index (κ3) is 3.03. The van der Waals surface area contributed by atoms with Crippen LogP contribution in [0.4, 0.5) is 8.78 Å². The molecule has 1 aliphatic heterocycles. The van der Waals surface area contributed by atoms with Gasteiger partial charge in [-0.25, -0.2) is 13.6 Å². The van der Waals surface area contributed by atoms with E-state index >= 15 is 0 Å². The van der Waals surface area contributed by atoms with Crippen LogP contribution in [0.2, 0.25) is 0 Å². The van der Waals surface area contributed by atoms with Gasteiger partial charge in [-0.15, -0.1) is 11.8 Å². The zero-order chi connectivity index (χ0) is 12.4. The monoisotopic (exact) mass is 257 g/mol. The fraction of sp³-hybridized carbons (Fsp3) is 0.273. The van der Waals surface area contributed by atoms with Crippen LogP contribution >= 0.6 is 11.8 Å².